The molecule has 4 saturated heterocycles. The number of nitrogens with one attached hydrogen (secondary N) is 4. The lowest BCUT2D eigenvalue weighted by Crippen LogP contribution is -2.63. The summed E-state index contributed by atoms with van der Waals surface area (Å²) in [6.45, 7) is 5.04. The molecule has 4 heterocycles. The second-order valence-corrected chi connectivity index (χ2v) is 16.1. The number of carbonyl (C=O) groups is 7. The summed E-state index contributed by atoms with van der Waals surface area (Å²) in [5.41, 5.74) is -0.136. The largest absolute Gasteiger partial charge is 0.573 e. The molecular formula is C41H48F5N7O9. The first-order valence-corrected chi connectivity index (χ1v) is 20.4. The zero-order chi connectivity index (χ0) is 45.0. The Hall–Kier alpha value is -6.02. The van der Waals surface area contributed by atoms with Crippen LogP contribution in [-0.4, -0.2) is 125 Å². The third-order valence-corrected chi connectivity index (χ3v) is 11.4. The number of hydrogen-bond acceptors (Lipinski definition) is 9. The fourth-order valence-electron chi connectivity index (χ4n) is 8.46. The average molecular weight is 878 g/mol. The second kappa shape index (κ2) is 18.9. The molecule has 4 N–H and O–H groups in total. The zero-order valence-electron chi connectivity index (χ0n) is 34.1. The van der Waals surface area contributed by atoms with Crippen molar-refractivity contribution >= 4 is 47.2 Å². The van der Waals surface area contributed by atoms with Crippen molar-refractivity contribution in [1.82, 2.24) is 30.7 Å². The van der Waals surface area contributed by atoms with E-state index in [0.717, 1.165) is 36.4 Å². The topological polar surface area (TPSA) is 196 Å². The number of fused-ring (bicyclic) bond motifs is 3. The summed E-state index contributed by atoms with van der Waals surface area (Å²) < 4.78 is 76.4. The number of carbonyl (C=O) groups excluding carboxylic acids is 7. The van der Waals surface area contributed by atoms with E-state index >= 15 is 0 Å². The lowest BCUT2D eigenvalue weighted by molar-refractivity contribution is -0.274. The number of urea groups is 1. The van der Waals surface area contributed by atoms with Gasteiger partial charge in [0.15, 0.2) is 0 Å². The second-order valence-electron chi connectivity index (χ2n) is 16.1. The van der Waals surface area contributed by atoms with Gasteiger partial charge in [-0.3, -0.25) is 24.0 Å². The molecule has 4 aliphatic rings. The highest BCUT2D eigenvalue weighted by molar-refractivity contribution is 5.99. The highest BCUT2D eigenvalue weighted by Crippen LogP contribution is 2.29. The highest BCUT2D eigenvalue weighted by Gasteiger charge is 2.47. The summed E-state index contributed by atoms with van der Waals surface area (Å²) in [4.78, 5) is 102. The maximum atomic E-state index is 14.7. The molecule has 0 radical (unpaired) electrons. The number of hydrogen-bond donors (Lipinski definition) is 4. The number of nitrogens with zero attached hydrogens (tertiary/aromatic N) is 3. The van der Waals surface area contributed by atoms with Gasteiger partial charge in [-0.25, -0.2) is 18.4 Å². The summed E-state index contributed by atoms with van der Waals surface area (Å²) in [7, 11) is 0. The average Bonchev–Trinajstić information content (AvgIpc) is 3.85. The van der Waals surface area contributed by atoms with Gasteiger partial charge in [-0.1, -0.05) is 6.92 Å². The van der Waals surface area contributed by atoms with Gasteiger partial charge in [0.2, 0.25) is 29.5 Å². The molecule has 0 spiro atoms. The molecule has 8 unspecified atom stereocenters. The van der Waals surface area contributed by atoms with Crippen molar-refractivity contribution in [2.45, 2.75) is 114 Å². The molecule has 0 saturated carbocycles. The molecule has 0 aliphatic carbocycles. The summed E-state index contributed by atoms with van der Waals surface area (Å²) >= 11 is 0. The van der Waals surface area contributed by atoms with Gasteiger partial charge in [-0.05, 0) is 100 Å². The third-order valence-electron chi connectivity index (χ3n) is 11.4. The molecule has 16 nitrogen and oxygen atoms in total. The first kappa shape index (κ1) is 45.5. The van der Waals surface area contributed by atoms with Crippen molar-refractivity contribution in [2.24, 2.45) is 5.92 Å². The molecule has 62 heavy (non-hydrogen) atoms. The van der Waals surface area contributed by atoms with Crippen LogP contribution in [0.3, 0.4) is 0 Å². The Kier molecular flexibility index (Phi) is 13.9. The monoisotopic (exact) mass is 877 g/mol. The third kappa shape index (κ3) is 10.9. The number of piperidine rings is 1. The smallest absolute Gasteiger partial charge is 0.458 e. The minimum atomic E-state index is -4.97. The highest BCUT2D eigenvalue weighted by atomic mass is 19.4. The molecule has 6 rings (SSSR count). The molecule has 21 heteroatoms. The van der Waals surface area contributed by atoms with Crippen LogP contribution in [0, 0.1) is 17.6 Å². The molecule has 0 aromatic heterocycles. The van der Waals surface area contributed by atoms with Gasteiger partial charge in [-0.2, -0.15) is 0 Å². The molecule has 0 bridgehead atoms. The van der Waals surface area contributed by atoms with E-state index in [2.05, 4.69) is 26.0 Å². The molecule has 2 aromatic rings. The minimum Gasteiger partial charge on any atom is -0.458 e. The molecule has 8 atom stereocenters. The predicted molar refractivity (Wildman–Crippen MR) is 208 cm³/mol. The van der Waals surface area contributed by atoms with Crippen LogP contribution in [0.1, 0.15) is 64.9 Å². The van der Waals surface area contributed by atoms with E-state index in [4.69, 9.17) is 4.74 Å². The Bertz CT molecular complexity index is 2040. The maximum absolute atomic E-state index is 14.7. The Balaban J connectivity index is 1.32. The van der Waals surface area contributed by atoms with Gasteiger partial charge in [0.1, 0.15) is 59.7 Å². The lowest BCUT2D eigenvalue weighted by atomic mass is 9.99. The van der Waals surface area contributed by atoms with Crippen LogP contribution in [0.15, 0.2) is 42.5 Å². The van der Waals surface area contributed by atoms with Gasteiger partial charge in [0.05, 0.1) is 0 Å². The number of rotatable bonds is 7. The van der Waals surface area contributed by atoms with Crippen molar-refractivity contribution < 1.29 is 65.0 Å². The van der Waals surface area contributed by atoms with Gasteiger partial charge in [0, 0.05) is 37.8 Å². The number of halogens is 5. The number of amides is 7. The van der Waals surface area contributed by atoms with Gasteiger partial charge < -0.3 is 45.4 Å². The standard InChI is InChI=1S/C41H48F5N7O9/c1-21-15-32-39(59)61-23(3)33(38(58)52-14-6-8-31(52)37(57)51-13-5-4-7-30(51)35(55)47-22(2)36(56)53(32)20-21)50-34(54)29(18-24-16-25(42)19-26(43)17-24)49-40(60)48-27-9-11-28(12-10-27)62-41(44,45)46/h9-12,16-17,19,21-23,29-33H,4-8,13-15,18,20H2,1-3H3,(H,47,55)(H,50,54)(H2,48,49,60). The van der Waals surface area contributed by atoms with E-state index in [1.807, 2.05) is 6.92 Å². The number of esters is 1. The Morgan fingerprint density at radius 2 is 1.48 bits per heavy atom. The quantitative estimate of drug-likeness (QED) is 0.239. The van der Waals surface area contributed by atoms with E-state index in [1.165, 1.54) is 28.5 Å². The fourth-order valence-corrected chi connectivity index (χ4v) is 8.46. The molecule has 336 valence electrons. The van der Waals surface area contributed by atoms with Crippen molar-refractivity contribution in [3.8, 4) is 5.75 Å². The SMILES string of the molecule is CC1CC2C(=O)OC(C)C(NC(=O)C(Cc3cc(F)cc(F)c3)NC(=O)Nc3ccc(OC(F)(F)F)cc3)C(=O)N3CCCC3C(=O)N3CCCCC3C(=O)NC(C)C(=O)N2C1. The Labute approximate surface area is 353 Å². The Morgan fingerprint density at radius 3 is 2.16 bits per heavy atom. The number of anilines is 1. The first-order valence-electron chi connectivity index (χ1n) is 20.4. The Morgan fingerprint density at radius 1 is 0.839 bits per heavy atom. The van der Waals surface area contributed by atoms with E-state index in [-0.39, 0.29) is 49.6 Å². The van der Waals surface area contributed by atoms with Crippen LogP contribution in [0.4, 0.5) is 32.4 Å². The molecular weight excluding hydrogens is 829 g/mol. The molecule has 4 fully saturated rings. The van der Waals surface area contributed by atoms with Crippen molar-refractivity contribution in [2.75, 3.05) is 25.0 Å². The van der Waals surface area contributed by atoms with Crippen LogP contribution in [-0.2, 0) is 39.9 Å². The van der Waals surface area contributed by atoms with E-state index < -0.39 is 114 Å². The van der Waals surface area contributed by atoms with Gasteiger partial charge in [0.25, 0.3) is 0 Å². The number of alkyl halides is 3. The summed E-state index contributed by atoms with van der Waals surface area (Å²) in [6.07, 6.45) is -4.73. The van der Waals surface area contributed by atoms with Crippen LogP contribution in [0.5, 0.6) is 5.75 Å². The fraction of sp³-hybridized carbons (Fsp3) is 0.537. The number of cyclic esters (lactones) is 1. The molecule has 4 aliphatic heterocycles. The van der Waals surface area contributed by atoms with Crippen LogP contribution in [0.25, 0.3) is 0 Å². The van der Waals surface area contributed by atoms with Crippen molar-refractivity contribution in [1.29, 1.82) is 0 Å². The van der Waals surface area contributed by atoms with E-state index in [9.17, 15) is 55.5 Å². The first-order chi connectivity index (χ1) is 29.3. The number of benzene rings is 2. The molecule has 7 amide bonds. The zero-order valence-corrected chi connectivity index (χ0v) is 34.1. The van der Waals surface area contributed by atoms with Gasteiger partial charge >= 0.3 is 18.4 Å². The van der Waals surface area contributed by atoms with Crippen molar-refractivity contribution in [3.05, 3.63) is 59.7 Å². The summed E-state index contributed by atoms with van der Waals surface area (Å²) in [6, 6.07) is -2.32. The number of ether oxygens (including phenoxy) is 2. The van der Waals surface area contributed by atoms with E-state index in [1.54, 1.807) is 0 Å². The van der Waals surface area contributed by atoms with Gasteiger partial charge in [-0.15, -0.1) is 13.2 Å². The molecule has 2 aromatic carbocycles. The predicted octanol–water partition coefficient (Wildman–Crippen LogP) is 3.14. The maximum Gasteiger partial charge on any atom is 0.573 e. The van der Waals surface area contributed by atoms with Crippen LogP contribution >= 0.6 is 0 Å². The van der Waals surface area contributed by atoms with Crippen molar-refractivity contribution in [3.63, 3.8) is 0 Å². The minimum absolute atomic E-state index is 0.0393. The lowest BCUT2D eigenvalue weighted by Gasteiger charge is -2.39. The van der Waals surface area contributed by atoms with E-state index in [0.29, 0.717) is 31.7 Å². The summed E-state index contributed by atoms with van der Waals surface area (Å²) in [5.74, 6) is -7.23. The van der Waals surface area contributed by atoms with Crippen LogP contribution in [0.2, 0.25) is 0 Å². The normalized spacial score (nSPS) is 26.7. The summed E-state index contributed by atoms with van der Waals surface area (Å²) in [5, 5.41) is 9.98. The van der Waals surface area contributed by atoms with Crippen LogP contribution < -0.4 is 26.0 Å².